The molecule has 2 aromatic rings. The van der Waals surface area contributed by atoms with E-state index in [1.54, 1.807) is 19.2 Å². The van der Waals surface area contributed by atoms with Gasteiger partial charge >= 0.3 is 0 Å². The average molecular weight is 558 g/mol. The number of nitrogens with one attached hydrogen (secondary N) is 3. The first-order valence-electron chi connectivity index (χ1n) is 10.3. The van der Waals surface area contributed by atoms with E-state index >= 15 is 0 Å². The van der Waals surface area contributed by atoms with Crippen LogP contribution in [0.1, 0.15) is 28.4 Å². The van der Waals surface area contributed by atoms with Gasteiger partial charge in [-0.1, -0.05) is 24.3 Å². The largest absolute Gasteiger partial charge is 0.491 e. The molecule has 0 saturated heterocycles. The second kappa shape index (κ2) is 15.4. The first-order valence-corrected chi connectivity index (χ1v) is 10.3. The number of carbonyl (C=O) groups excluding carboxylic acids is 1. The monoisotopic (exact) mass is 558 g/mol. The molecule has 2 rings (SSSR count). The summed E-state index contributed by atoms with van der Waals surface area (Å²) in [4.78, 5) is 16.7. The van der Waals surface area contributed by atoms with Gasteiger partial charge in [0.25, 0.3) is 5.91 Å². The number of rotatable bonds is 11. The number of aliphatic imine (C=N–C) groups is 1. The zero-order chi connectivity index (χ0) is 22.5. The summed E-state index contributed by atoms with van der Waals surface area (Å²) in [5, 5.41) is 9.03. The maximum absolute atomic E-state index is 13.7. The second-order valence-corrected chi connectivity index (χ2v) is 6.81. The Morgan fingerprint density at radius 2 is 1.81 bits per heavy atom. The minimum absolute atomic E-state index is 0. The van der Waals surface area contributed by atoms with Gasteiger partial charge in [-0.05, 0) is 37.6 Å². The molecule has 0 aromatic heterocycles. The van der Waals surface area contributed by atoms with Gasteiger partial charge in [-0.2, -0.15) is 0 Å². The zero-order valence-corrected chi connectivity index (χ0v) is 21.1. The highest BCUT2D eigenvalue weighted by Gasteiger charge is 2.10. The Morgan fingerprint density at radius 1 is 1.06 bits per heavy atom. The Kier molecular flexibility index (Phi) is 13.3. The third-order valence-corrected chi connectivity index (χ3v) is 4.34. The third-order valence-electron chi connectivity index (χ3n) is 4.34. The Bertz CT molecular complexity index is 880. The van der Waals surface area contributed by atoms with Crippen molar-refractivity contribution in [2.24, 2.45) is 4.99 Å². The zero-order valence-electron chi connectivity index (χ0n) is 18.7. The molecule has 0 aliphatic rings. The number of halogens is 2. The Hall–Kier alpha value is -2.40. The predicted molar refractivity (Wildman–Crippen MR) is 136 cm³/mol. The number of carbonyl (C=O) groups is 1. The lowest BCUT2D eigenvalue weighted by atomic mass is 10.1. The lowest BCUT2D eigenvalue weighted by Gasteiger charge is -2.14. The SMILES string of the molecule is CCNC(=NCc1ccc(C)cc1OCCOC)NCCNC(=O)c1ccccc1F.I. The first kappa shape index (κ1) is 27.6. The summed E-state index contributed by atoms with van der Waals surface area (Å²) in [6.07, 6.45) is 0. The van der Waals surface area contributed by atoms with Crippen LogP contribution in [0.25, 0.3) is 0 Å². The fourth-order valence-electron chi connectivity index (χ4n) is 2.77. The minimum atomic E-state index is -0.538. The average Bonchev–Trinajstić information content (AvgIpc) is 2.76. The number of benzene rings is 2. The quantitative estimate of drug-likeness (QED) is 0.171. The molecule has 176 valence electrons. The molecule has 0 aliphatic carbocycles. The number of nitrogens with zero attached hydrogens (tertiary/aromatic N) is 1. The summed E-state index contributed by atoms with van der Waals surface area (Å²) in [6.45, 7) is 6.86. The summed E-state index contributed by atoms with van der Waals surface area (Å²) in [6, 6.07) is 11.9. The van der Waals surface area contributed by atoms with Crippen LogP contribution in [0.5, 0.6) is 5.75 Å². The molecule has 0 bridgehead atoms. The van der Waals surface area contributed by atoms with Gasteiger partial charge in [0.05, 0.1) is 18.7 Å². The van der Waals surface area contributed by atoms with E-state index in [9.17, 15) is 9.18 Å². The van der Waals surface area contributed by atoms with Crippen molar-refractivity contribution in [2.45, 2.75) is 20.4 Å². The van der Waals surface area contributed by atoms with Gasteiger partial charge in [0.15, 0.2) is 5.96 Å². The summed E-state index contributed by atoms with van der Waals surface area (Å²) in [7, 11) is 1.64. The lowest BCUT2D eigenvalue weighted by Crippen LogP contribution is -2.41. The van der Waals surface area contributed by atoms with E-state index in [0.29, 0.717) is 45.4 Å². The number of hydrogen-bond donors (Lipinski definition) is 3. The molecule has 0 atom stereocenters. The van der Waals surface area contributed by atoms with Crippen molar-refractivity contribution in [3.8, 4) is 5.75 Å². The molecule has 0 heterocycles. The van der Waals surface area contributed by atoms with E-state index in [2.05, 4.69) is 20.9 Å². The van der Waals surface area contributed by atoms with E-state index in [0.717, 1.165) is 16.9 Å². The molecule has 7 nitrogen and oxygen atoms in total. The van der Waals surface area contributed by atoms with Gasteiger partial charge in [0.1, 0.15) is 18.2 Å². The predicted octanol–water partition coefficient (Wildman–Crippen LogP) is 3.26. The normalized spacial score (nSPS) is 10.8. The molecule has 0 radical (unpaired) electrons. The second-order valence-electron chi connectivity index (χ2n) is 6.81. The van der Waals surface area contributed by atoms with Crippen molar-refractivity contribution in [2.75, 3.05) is 40.0 Å². The summed E-state index contributed by atoms with van der Waals surface area (Å²) < 4.78 is 24.5. The maximum Gasteiger partial charge on any atom is 0.254 e. The van der Waals surface area contributed by atoms with Gasteiger partial charge < -0.3 is 25.4 Å². The number of guanidine groups is 1. The number of ether oxygens (including phenoxy) is 2. The summed E-state index contributed by atoms with van der Waals surface area (Å²) >= 11 is 0. The number of methoxy groups -OCH3 is 1. The number of hydrogen-bond acceptors (Lipinski definition) is 4. The van der Waals surface area contributed by atoms with Crippen molar-refractivity contribution in [3.05, 3.63) is 65.0 Å². The molecule has 0 fully saturated rings. The van der Waals surface area contributed by atoms with Gasteiger partial charge in [-0.3, -0.25) is 4.79 Å². The van der Waals surface area contributed by atoms with Crippen LogP contribution >= 0.6 is 24.0 Å². The van der Waals surface area contributed by atoms with Gasteiger partial charge in [-0.15, -0.1) is 24.0 Å². The number of aryl methyl sites for hydroxylation is 1. The van der Waals surface area contributed by atoms with Gasteiger partial charge in [0.2, 0.25) is 0 Å². The standard InChI is InChI=1S/C23H31FN4O3.HI/c1-4-25-23(27-12-11-26-22(29)19-7-5-6-8-20(19)24)28-16-18-10-9-17(2)15-21(18)31-14-13-30-3;/h5-10,15H,4,11-14,16H2,1-3H3,(H,26,29)(H2,25,27,28);1H. The first-order chi connectivity index (χ1) is 15.0. The van der Waals surface area contributed by atoms with Crippen molar-refractivity contribution in [1.29, 1.82) is 0 Å². The minimum Gasteiger partial charge on any atom is -0.491 e. The molecule has 2 aromatic carbocycles. The third kappa shape index (κ3) is 9.39. The molecule has 0 unspecified atom stereocenters. The van der Waals surface area contributed by atoms with Crippen LogP contribution < -0.4 is 20.7 Å². The highest BCUT2D eigenvalue weighted by atomic mass is 127. The van der Waals surface area contributed by atoms with E-state index in [4.69, 9.17) is 9.47 Å². The highest BCUT2D eigenvalue weighted by molar-refractivity contribution is 14.0. The van der Waals surface area contributed by atoms with Crippen LogP contribution in [0.2, 0.25) is 0 Å². The Balaban J connectivity index is 0.00000512. The van der Waals surface area contributed by atoms with Crippen molar-refractivity contribution < 1.29 is 18.7 Å². The molecule has 3 N–H and O–H groups in total. The van der Waals surface area contributed by atoms with Crippen molar-refractivity contribution >= 4 is 35.8 Å². The Morgan fingerprint density at radius 3 is 2.53 bits per heavy atom. The maximum atomic E-state index is 13.7. The topological polar surface area (TPSA) is 84.0 Å². The van der Waals surface area contributed by atoms with E-state index < -0.39 is 11.7 Å². The highest BCUT2D eigenvalue weighted by Crippen LogP contribution is 2.21. The van der Waals surface area contributed by atoms with Crippen LogP contribution in [0, 0.1) is 12.7 Å². The van der Waals surface area contributed by atoms with Crippen molar-refractivity contribution in [1.82, 2.24) is 16.0 Å². The molecule has 1 amide bonds. The fraction of sp³-hybridized carbons (Fsp3) is 0.391. The molecule has 0 spiro atoms. The molecule has 0 saturated carbocycles. The van der Waals surface area contributed by atoms with Crippen LogP contribution in [-0.2, 0) is 11.3 Å². The molecular formula is C23H32FIN4O3. The fourth-order valence-corrected chi connectivity index (χ4v) is 2.77. The van der Waals surface area contributed by atoms with Crippen molar-refractivity contribution in [3.63, 3.8) is 0 Å². The van der Waals surface area contributed by atoms with Crippen LogP contribution in [0.4, 0.5) is 4.39 Å². The van der Waals surface area contributed by atoms with E-state index in [1.165, 1.54) is 12.1 Å². The molecule has 32 heavy (non-hydrogen) atoms. The van der Waals surface area contributed by atoms with Crippen LogP contribution in [0.15, 0.2) is 47.5 Å². The van der Waals surface area contributed by atoms with Gasteiger partial charge in [-0.25, -0.2) is 9.38 Å². The van der Waals surface area contributed by atoms with Gasteiger partial charge in [0, 0.05) is 32.3 Å². The van der Waals surface area contributed by atoms with E-state index in [1.807, 2.05) is 32.0 Å². The van der Waals surface area contributed by atoms with Crippen LogP contribution in [-0.4, -0.2) is 51.8 Å². The Labute approximate surface area is 206 Å². The molecule has 9 heteroatoms. The summed E-state index contributed by atoms with van der Waals surface area (Å²) in [5.74, 6) is 0.420. The lowest BCUT2D eigenvalue weighted by molar-refractivity contribution is 0.0950. The summed E-state index contributed by atoms with van der Waals surface area (Å²) in [5.41, 5.74) is 2.10. The molecule has 0 aliphatic heterocycles. The smallest absolute Gasteiger partial charge is 0.254 e. The number of amides is 1. The van der Waals surface area contributed by atoms with Crippen LogP contribution in [0.3, 0.4) is 0 Å². The molecular weight excluding hydrogens is 526 g/mol. The van der Waals surface area contributed by atoms with E-state index in [-0.39, 0.29) is 29.5 Å².